The Bertz CT molecular complexity index is 689. The molecule has 1 heterocycles. The van der Waals surface area contributed by atoms with Crippen LogP contribution in [0, 0.1) is 6.92 Å². The van der Waals surface area contributed by atoms with Gasteiger partial charge in [-0.1, -0.05) is 24.3 Å². The smallest absolute Gasteiger partial charge is 0.127 e. The molecule has 0 unspecified atom stereocenters. The summed E-state index contributed by atoms with van der Waals surface area (Å²) in [4.78, 5) is 4.52. The van der Waals surface area contributed by atoms with Crippen molar-refractivity contribution in [3.8, 4) is 5.75 Å². The molecule has 0 fully saturated rings. The number of benzene rings is 2. The number of aromatic hydroxyl groups is 1. The van der Waals surface area contributed by atoms with Gasteiger partial charge < -0.3 is 5.11 Å². The number of fused-ring (bicyclic) bond motifs is 2. The number of aromatic nitrogens is 1. The molecular weight excluding hydrogens is 198 g/mol. The summed E-state index contributed by atoms with van der Waals surface area (Å²) in [6.45, 7) is 1.89. The van der Waals surface area contributed by atoms with Crippen molar-refractivity contribution in [2.45, 2.75) is 6.92 Å². The van der Waals surface area contributed by atoms with Gasteiger partial charge in [-0.2, -0.15) is 0 Å². The minimum absolute atomic E-state index is 0.329. The minimum atomic E-state index is 0.329. The Balaban J connectivity index is 2.51. The zero-order valence-corrected chi connectivity index (χ0v) is 8.94. The lowest BCUT2D eigenvalue weighted by Crippen LogP contribution is -1.84. The van der Waals surface area contributed by atoms with E-state index in [9.17, 15) is 5.11 Å². The van der Waals surface area contributed by atoms with E-state index in [1.165, 1.54) is 0 Å². The average molecular weight is 209 g/mol. The molecule has 0 amide bonds. The third-order valence-electron chi connectivity index (χ3n) is 2.87. The first-order valence-corrected chi connectivity index (χ1v) is 5.24. The second-order valence-electron chi connectivity index (χ2n) is 3.98. The second-order valence-corrected chi connectivity index (χ2v) is 3.98. The van der Waals surface area contributed by atoms with Gasteiger partial charge in [0.1, 0.15) is 5.75 Å². The predicted octanol–water partition coefficient (Wildman–Crippen LogP) is 3.40. The fourth-order valence-electron chi connectivity index (χ4n) is 1.94. The summed E-state index contributed by atoms with van der Waals surface area (Å²) in [7, 11) is 0. The maximum atomic E-state index is 9.98. The van der Waals surface area contributed by atoms with Crippen molar-refractivity contribution in [1.29, 1.82) is 0 Å². The van der Waals surface area contributed by atoms with Crippen molar-refractivity contribution in [2.75, 3.05) is 0 Å². The van der Waals surface area contributed by atoms with Gasteiger partial charge in [0, 0.05) is 10.8 Å². The first kappa shape index (κ1) is 9.16. The van der Waals surface area contributed by atoms with E-state index >= 15 is 0 Å². The van der Waals surface area contributed by atoms with Gasteiger partial charge >= 0.3 is 0 Å². The van der Waals surface area contributed by atoms with Gasteiger partial charge in [-0.25, -0.2) is 4.98 Å². The molecule has 0 bridgehead atoms. The van der Waals surface area contributed by atoms with E-state index in [0.717, 1.165) is 27.4 Å². The second kappa shape index (κ2) is 3.20. The molecule has 0 saturated heterocycles. The molecule has 16 heavy (non-hydrogen) atoms. The zero-order chi connectivity index (χ0) is 11.1. The molecule has 0 spiro atoms. The number of hydrogen-bond donors (Lipinski definition) is 1. The molecule has 2 heteroatoms. The number of para-hydroxylation sites is 1. The zero-order valence-electron chi connectivity index (χ0n) is 8.94. The van der Waals surface area contributed by atoms with Crippen LogP contribution in [0.4, 0.5) is 0 Å². The Labute approximate surface area is 93.2 Å². The van der Waals surface area contributed by atoms with Crippen LogP contribution in [-0.4, -0.2) is 10.1 Å². The Morgan fingerprint density at radius 1 is 1.00 bits per heavy atom. The molecule has 2 nitrogen and oxygen atoms in total. The molecule has 1 N–H and O–H groups in total. The van der Waals surface area contributed by atoms with Crippen molar-refractivity contribution in [2.24, 2.45) is 0 Å². The van der Waals surface area contributed by atoms with Crippen LogP contribution in [0.15, 0.2) is 42.5 Å². The minimum Gasteiger partial charge on any atom is -0.507 e. The maximum Gasteiger partial charge on any atom is 0.127 e. The van der Waals surface area contributed by atoms with Crippen molar-refractivity contribution < 1.29 is 5.11 Å². The van der Waals surface area contributed by atoms with Gasteiger partial charge in [-0.05, 0) is 30.7 Å². The number of phenols is 1. The molecule has 0 radical (unpaired) electrons. The van der Waals surface area contributed by atoms with Crippen LogP contribution in [0.2, 0.25) is 0 Å². The molecule has 0 aliphatic carbocycles. The van der Waals surface area contributed by atoms with E-state index in [1.54, 1.807) is 0 Å². The van der Waals surface area contributed by atoms with Crippen molar-refractivity contribution >= 4 is 21.8 Å². The van der Waals surface area contributed by atoms with Gasteiger partial charge in [-0.3, -0.25) is 0 Å². The SMILES string of the molecule is Cc1ccc2nc3ccccc3cc2c1O. The number of rotatable bonds is 0. The van der Waals surface area contributed by atoms with Crippen LogP contribution in [0.3, 0.4) is 0 Å². The molecule has 0 aliphatic rings. The molecule has 78 valence electrons. The average Bonchev–Trinajstić information content (AvgIpc) is 2.32. The largest absolute Gasteiger partial charge is 0.507 e. The molecular formula is C14H11NO. The predicted molar refractivity (Wildman–Crippen MR) is 65.7 cm³/mol. The quantitative estimate of drug-likeness (QED) is 0.575. The lowest BCUT2D eigenvalue weighted by molar-refractivity contribution is 0.477. The van der Waals surface area contributed by atoms with E-state index in [-0.39, 0.29) is 0 Å². The number of hydrogen-bond acceptors (Lipinski definition) is 2. The van der Waals surface area contributed by atoms with E-state index in [0.29, 0.717) is 5.75 Å². The molecule has 1 aromatic heterocycles. The maximum absolute atomic E-state index is 9.98. The highest BCUT2D eigenvalue weighted by Crippen LogP contribution is 2.29. The third-order valence-corrected chi connectivity index (χ3v) is 2.87. The van der Waals surface area contributed by atoms with Gasteiger partial charge in [0.2, 0.25) is 0 Å². The van der Waals surface area contributed by atoms with Crippen molar-refractivity contribution in [3.05, 3.63) is 48.0 Å². The highest BCUT2D eigenvalue weighted by atomic mass is 16.3. The first-order chi connectivity index (χ1) is 7.75. The van der Waals surface area contributed by atoms with Gasteiger partial charge in [0.25, 0.3) is 0 Å². The monoisotopic (exact) mass is 209 g/mol. The normalized spacial score (nSPS) is 11.1. The summed E-state index contributed by atoms with van der Waals surface area (Å²) in [6, 6.07) is 13.7. The number of aryl methyl sites for hydroxylation is 1. The number of nitrogens with zero attached hydrogens (tertiary/aromatic N) is 1. The van der Waals surface area contributed by atoms with Crippen molar-refractivity contribution in [1.82, 2.24) is 4.98 Å². The van der Waals surface area contributed by atoms with E-state index in [4.69, 9.17) is 0 Å². The summed E-state index contributed by atoms with van der Waals surface area (Å²) >= 11 is 0. The number of pyridine rings is 1. The van der Waals surface area contributed by atoms with Crippen LogP contribution in [-0.2, 0) is 0 Å². The first-order valence-electron chi connectivity index (χ1n) is 5.24. The Kier molecular flexibility index (Phi) is 1.83. The molecule has 3 aromatic rings. The van der Waals surface area contributed by atoms with Crippen LogP contribution in [0.25, 0.3) is 21.8 Å². The molecule has 2 aromatic carbocycles. The standard InChI is InChI=1S/C14H11NO/c1-9-6-7-13-11(14(9)16)8-10-4-2-3-5-12(10)15-13/h2-8,16H,1H3. The molecule has 0 atom stereocenters. The van der Waals surface area contributed by atoms with Crippen LogP contribution in [0.5, 0.6) is 5.75 Å². The van der Waals surface area contributed by atoms with E-state index in [1.807, 2.05) is 49.4 Å². The summed E-state index contributed by atoms with van der Waals surface area (Å²) in [6.07, 6.45) is 0. The summed E-state index contributed by atoms with van der Waals surface area (Å²) in [5.41, 5.74) is 2.67. The summed E-state index contributed by atoms with van der Waals surface area (Å²) in [5, 5.41) is 11.8. The summed E-state index contributed by atoms with van der Waals surface area (Å²) < 4.78 is 0. The Morgan fingerprint density at radius 3 is 2.69 bits per heavy atom. The summed E-state index contributed by atoms with van der Waals surface area (Å²) in [5.74, 6) is 0.329. The highest BCUT2D eigenvalue weighted by Gasteiger charge is 2.05. The van der Waals surface area contributed by atoms with Gasteiger partial charge in [0.05, 0.1) is 11.0 Å². The Morgan fingerprint density at radius 2 is 1.81 bits per heavy atom. The van der Waals surface area contributed by atoms with Crippen LogP contribution < -0.4 is 0 Å². The van der Waals surface area contributed by atoms with Crippen LogP contribution in [0.1, 0.15) is 5.56 Å². The molecule has 0 aliphatic heterocycles. The fraction of sp³-hybridized carbons (Fsp3) is 0.0714. The molecule has 3 rings (SSSR count). The topological polar surface area (TPSA) is 33.1 Å². The number of phenolic OH excluding ortho intramolecular Hbond substituents is 1. The van der Waals surface area contributed by atoms with Gasteiger partial charge in [0.15, 0.2) is 0 Å². The molecule has 0 saturated carbocycles. The van der Waals surface area contributed by atoms with E-state index in [2.05, 4.69) is 4.98 Å². The van der Waals surface area contributed by atoms with Crippen LogP contribution >= 0.6 is 0 Å². The van der Waals surface area contributed by atoms with Crippen molar-refractivity contribution in [3.63, 3.8) is 0 Å². The highest BCUT2D eigenvalue weighted by molar-refractivity contribution is 5.96. The Hall–Kier alpha value is -2.09. The lowest BCUT2D eigenvalue weighted by Gasteiger charge is -2.05. The fourth-order valence-corrected chi connectivity index (χ4v) is 1.94. The van der Waals surface area contributed by atoms with E-state index < -0.39 is 0 Å². The third kappa shape index (κ3) is 1.23. The van der Waals surface area contributed by atoms with Gasteiger partial charge in [-0.15, -0.1) is 0 Å². The lowest BCUT2D eigenvalue weighted by atomic mass is 10.1.